The molecule has 0 saturated carbocycles. The van der Waals surface area contributed by atoms with Crippen LogP contribution in [0.2, 0.25) is 0 Å². The fourth-order valence-electron chi connectivity index (χ4n) is 5.84. The number of nitrogens with one attached hydrogen (secondary N) is 1. The summed E-state index contributed by atoms with van der Waals surface area (Å²) in [6.07, 6.45) is 0.181. The molecule has 37 heavy (non-hydrogen) atoms. The van der Waals surface area contributed by atoms with E-state index in [0.29, 0.717) is 35.2 Å². The van der Waals surface area contributed by atoms with Crippen molar-refractivity contribution in [3.63, 3.8) is 0 Å². The van der Waals surface area contributed by atoms with Gasteiger partial charge in [-0.05, 0) is 73.1 Å². The Balaban J connectivity index is 1.45. The average molecular weight is 514 g/mol. The topological polar surface area (TPSA) is 48.6 Å². The third-order valence-electron chi connectivity index (χ3n) is 8.04. The van der Waals surface area contributed by atoms with Crippen LogP contribution in [0, 0.1) is 11.3 Å². The van der Waals surface area contributed by atoms with Crippen molar-refractivity contribution in [2.75, 3.05) is 43.7 Å². The number of hydrogen-bond donors (Lipinski definition) is 1. The molecule has 2 aromatic carbocycles. The smallest absolute Gasteiger partial charge is 0.418 e. The minimum Gasteiger partial charge on any atom is -0.497 e. The number of alkyl halides is 3. The van der Waals surface area contributed by atoms with E-state index in [4.69, 9.17) is 14.9 Å². The van der Waals surface area contributed by atoms with E-state index in [0.717, 1.165) is 62.0 Å². The molecule has 2 heterocycles. The minimum atomic E-state index is -4.42. The fourth-order valence-corrected chi connectivity index (χ4v) is 5.84. The first-order valence-electron chi connectivity index (χ1n) is 13.0. The summed E-state index contributed by atoms with van der Waals surface area (Å²) >= 11 is 0. The van der Waals surface area contributed by atoms with Crippen LogP contribution >= 0.6 is 0 Å². The number of halogens is 3. The Hall–Kier alpha value is -3.16. The van der Waals surface area contributed by atoms with Crippen LogP contribution < -0.4 is 19.3 Å². The quantitative estimate of drug-likeness (QED) is 0.315. The van der Waals surface area contributed by atoms with Gasteiger partial charge in [-0.2, -0.15) is 13.2 Å². The molecule has 2 atom stereocenters. The summed E-state index contributed by atoms with van der Waals surface area (Å²) < 4.78 is 52.8. The Morgan fingerprint density at radius 2 is 1.76 bits per heavy atom. The molecule has 3 aliphatic rings. The number of allylic oxidation sites excluding steroid dienone is 1. The molecule has 5 nitrogen and oxygen atoms in total. The maximum absolute atomic E-state index is 14.0. The lowest BCUT2D eigenvalue weighted by Crippen LogP contribution is -2.20. The highest BCUT2D eigenvalue weighted by atomic mass is 19.4. The Labute approximate surface area is 216 Å². The number of methoxy groups -OCH3 is 2. The van der Waals surface area contributed by atoms with Crippen LogP contribution in [0.3, 0.4) is 0 Å². The van der Waals surface area contributed by atoms with Gasteiger partial charge in [0.2, 0.25) is 0 Å². The molecule has 1 aliphatic carbocycles. The molecule has 2 unspecified atom stereocenters. The molecule has 0 spiro atoms. The summed E-state index contributed by atoms with van der Waals surface area (Å²) in [5, 5.41) is 8.94. The third kappa shape index (κ3) is 5.03. The van der Waals surface area contributed by atoms with E-state index in [2.05, 4.69) is 11.8 Å². The predicted molar refractivity (Wildman–Crippen MR) is 140 cm³/mol. The van der Waals surface area contributed by atoms with Crippen molar-refractivity contribution in [2.45, 2.75) is 51.2 Å². The normalized spacial score (nSPS) is 21.6. The lowest BCUT2D eigenvalue weighted by Gasteiger charge is -2.23. The van der Waals surface area contributed by atoms with Gasteiger partial charge in [-0.1, -0.05) is 13.3 Å². The monoisotopic (exact) mass is 513 g/mol. The van der Waals surface area contributed by atoms with Gasteiger partial charge in [0.25, 0.3) is 0 Å². The number of hydrogen-bond acceptors (Lipinski definition) is 5. The number of anilines is 2. The molecule has 2 fully saturated rings. The Morgan fingerprint density at radius 1 is 1.03 bits per heavy atom. The molecular formula is C29H34F3N3O2. The van der Waals surface area contributed by atoms with Gasteiger partial charge in [0.05, 0.1) is 37.2 Å². The summed E-state index contributed by atoms with van der Waals surface area (Å²) in [6.45, 7) is 4.47. The lowest BCUT2D eigenvalue weighted by molar-refractivity contribution is -0.137. The summed E-state index contributed by atoms with van der Waals surface area (Å²) in [5.41, 5.74) is 3.62. The predicted octanol–water partition coefficient (Wildman–Crippen LogP) is 6.70. The molecule has 5 rings (SSSR count). The van der Waals surface area contributed by atoms with Crippen molar-refractivity contribution in [3.05, 3.63) is 58.7 Å². The zero-order valence-corrected chi connectivity index (χ0v) is 21.6. The summed E-state index contributed by atoms with van der Waals surface area (Å²) in [7, 11) is 3.14. The summed E-state index contributed by atoms with van der Waals surface area (Å²) in [4.78, 5) is 4.07. The lowest BCUT2D eigenvalue weighted by atomic mass is 9.97. The molecule has 2 saturated heterocycles. The van der Waals surface area contributed by atoms with E-state index in [1.165, 1.54) is 6.07 Å². The molecule has 0 aromatic heterocycles. The van der Waals surface area contributed by atoms with Crippen LogP contribution in [0.25, 0.3) is 0 Å². The molecule has 2 aromatic rings. The summed E-state index contributed by atoms with van der Waals surface area (Å²) in [6, 6.07) is 9.87. The highest BCUT2D eigenvalue weighted by Gasteiger charge is 2.45. The van der Waals surface area contributed by atoms with Crippen LogP contribution in [0.5, 0.6) is 11.5 Å². The van der Waals surface area contributed by atoms with Gasteiger partial charge in [-0.15, -0.1) is 0 Å². The molecule has 0 amide bonds. The maximum atomic E-state index is 14.0. The standard InChI is InChI=1S/C29H34F3N3O2/c1-4-18-10-11-34(16-18)20-8-9-25(29(30,31)32)26(14-20)35-17-27(35)23-6-5-7-24(23)28(33)19-12-21(36-2)15-22(13-19)37-3/h8-9,12-15,18,27,33H,4-7,10-11,16-17H2,1-3H3. The average Bonchev–Trinajstić information content (AvgIpc) is 3.29. The molecular weight excluding hydrogens is 479 g/mol. The largest absolute Gasteiger partial charge is 0.497 e. The van der Waals surface area contributed by atoms with Gasteiger partial charge in [0.1, 0.15) is 11.5 Å². The number of benzene rings is 2. The van der Waals surface area contributed by atoms with E-state index in [1.54, 1.807) is 32.4 Å². The molecule has 1 N–H and O–H groups in total. The zero-order valence-electron chi connectivity index (χ0n) is 21.6. The van der Waals surface area contributed by atoms with Gasteiger partial charge >= 0.3 is 6.18 Å². The van der Waals surface area contributed by atoms with Gasteiger partial charge in [-0.3, -0.25) is 5.41 Å². The highest BCUT2D eigenvalue weighted by Crippen LogP contribution is 2.47. The molecule has 0 bridgehead atoms. The van der Waals surface area contributed by atoms with Crippen LogP contribution in [-0.2, 0) is 6.18 Å². The molecule has 2 aliphatic heterocycles. The van der Waals surface area contributed by atoms with E-state index >= 15 is 0 Å². The van der Waals surface area contributed by atoms with E-state index in [9.17, 15) is 13.2 Å². The Bertz CT molecular complexity index is 1200. The zero-order chi connectivity index (χ0) is 26.3. The van der Waals surface area contributed by atoms with Crippen molar-refractivity contribution in [3.8, 4) is 11.5 Å². The van der Waals surface area contributed by atoms with Gasteiger partial charge in [0, 0.05) is 37.0 Å². The van der Waals surface area contributed by atoms with Crippen LogP contribution in [0.4, 0.5) is 24.5 Å². The Kier molecular flexibility index (Phi) is 6.86. The van der Waals surface area contributed by atoms with Crippen LogP contribution in [-0.4, -0.2) is 45.6 Å². The number of nitrogens with zero attached hydrogens (tertiary/aromatic N) is 2. The van der Waals surface area contributed by atoms with Crippen molar-refractivity contribution >= 4 is 17.1 Å². The minimum absolute atomic E-state index is 0.108. The van der Waals surface area contributed by atoms with Crippen molar-refractivity contribution in [1.29, 1.82) is 5.41 Å². The van der Waals surface area contributed by atoms with Gasteiger partial charge in [0.15, 0.2) is 0 Å². The van der Waals surface area contributed by atoms with Crippen LogP contribution in [0.1, 0.15) is 50.2 Å². The van der Waals surface area contributed by atoms with Crippen LogP contribution in [0.15, 0.2) is 47.5 Å². The molecule has 198 valence electrons. The highest BCUT2D eigenvalue weighted by molar-refractivity contribution is 6.12. The van der Waals surface area contributed by atoms with Gasteiger partial charge in [-0.25, -0.2) is 0 Å². The number of rotatable bonds is 8. The van der Waals surface area contributed by atoms with E-state index in [1.807, 2.05) is 17.0 Å². The van der Waals surface area contributed by atoms with Crippen molar-refractivity contribution < 1.29 is 22.6 Å². The first-order chi connectivity index (χ1) is 17.7. The fraction of sp³-hybridized carbons (Fsp3) is 0.483. The van der Waals surface area contributed by atoms with E-state index in [-0.39, 0.29) is 11.7 Å². The number of ether oxygens (including phenoxy) is 2. The van der Waals surface area contributed by atoms with Gasteiger partial charge < -0.3 is 19.3 Å². The third-order valence-corrected chi connectivity index (χ3v) is 8.04. The first kappa shape index (κ1) is 25.5. The second-order valence-electron chi connectivity index (χ2n) is 10.2. The summed E-state index contributed by atoms with van der Waals surface area (Å²) in [5.74, 6) is 1.80. The van der Waals surface area contributed by atoms with E-state index < -0.39 is 11.7 Å². The SMILES string of the molecule is CCC1CCN(c2ccc(C(F)(F)F)c(N3CC3C3=C(C(=N)c4cc(OC)cc(OC)c4)CCC3)c2)C1. The first-order valence-corrected chi connectivity index (χ1v) is 13.0. The van der Waals surface area contributed by atoms with Crippen molar-refractivity contribution in [2.24, 2.45) is 5.92 Å². The second-order valence-corrected chi connectivity index (χ2v) is 10.2. The second kappa shape index (κ2) is 9.95. The van der Waals surface area contributed by atoms with Crippen molar-refractivity contribution in [1.82, 2.24) is 0 Å². The Morgan fingerprint density at radius 3 is 2.38 bits per heavy atom. The molecule has 8 heteroatoms. The molecule has 0 radical (unpaired) electrons. The maximum Gasteiger partial charge on any atom is 0.418 e.